The fourth-order valence-electron chi connectivity index (χ4n) is 1.73. The number of hydrogen-bond donors (Lipinski definition) is 1. The molecule has 0 radical (unpaired) electrons. The fraction of sp³-hybridized carbons (Fsp3) is 0.500. The maximum Gasteiger partial charge on any atom is 0.120 e. The molecule has 0 saturated carbocycles. The molecule has 1 rings (SSSR count). The number of nitrogens with zero attached hydrogens (tertiary/aromatic N) is 1. The quantitative estimate of drug-likeness (QED) is 0.794. The Kier molecular flexibility index (Phi) is 3.96. The second kappa shape index (κ2) is 5.01. The molecule has 1 atom stereocenters. The van der Waals surface area contributed by atoms with E-state index in [4.69, 9.17) is 0 Å². The number of phenols is 1. The van der Waals surface area contributed by atoms with E-state index in [1.54, 1.807) is 6.07 Å². The zero-order valence-corrected chi connectivity index (χ0v) is 9.20. The number of para-hydroxylation sites is 1. The first-order valence-electron chi connectivity index (χ1n) is 5.11. The molecule has 78 valence electrons. The van der Waals surface area contributed by atoms with Crippen molar-refractivity contribution in [3.05, 3.63) is 29.8 Å². The summed E-state index contributed by atoms with van der Waals surface area (Å²) < 4.78 is 0. The zero-order chi connectivity index (χ0) is 10.6. The average Bonchev–Trinajstić information content (AvgIpc) is 2.15. The lowest BCUT2D eigenvalue weighted by Gasteiger charge is -2.24. The van der Waals surface area contributed by atoms with Crippen LogP contribution in [0.1, 0.15) is 31.4 Å². The Labute approximate surface area is 86.2 Å². The Morgan fingerprint density at radius 3 is 2.43 bits per heavy atom. The van der Waals surface area contributed by atoms with Crippen LogP contribution < -0.4 is 0 Å². The summed E-state index contributed by atoms with van der Waals surface area (Å²) in [5.41, 5.74) is 1.03. The Bertz CT molecular complexity index is 283. The molecule has 0 aliphatic heterocycles. The molecule has 1 unspecified atom stereocenters. The summed E-state index contributed by atoms with van der Waals surface area (Å²) in [6, 6.07) is 7.90. The highest BCUT2D eigenvalue weighted by atomic mass is 16.3. The molecule has 0 fully saturated rings. The monoisotopic (exact) mass is 193 g/mol. The van der Waals surface area contributed by atoms with E-state index in [9.17, 15) is 5.11 Å². The molecule has 0 aliphatic rings. The third-order valence-electron chi connectivity index (χ3n) is 2.48. The van der Waals surface area contributed by atoms with Crippen molar-refractivity contribution in [2.75, 3.05) is 14.1 Å². The minimum absolute atomic E-state index is 0.321. The number of phenolic OH excluding ortho intramolecular Hbond substituents is 1. The van der Waals surface area contributed by atoms with Gasteiger partial charge in [-0.05, 0) is 26.6 Å². The van der Waals surface area contributed by atoms with Gasteiger partial charge in [-0.2, -0.15) is 0 Å². The number of aromatic hydroxyl groups is 1. The van der Waals surface area contributed by atoms with Gasteiger partial charge in [-0.1, -0.05) is 31.5 Å². The van der Waals surface area contributed by atoms with Crippen molar-refractivity contribution in [2.45, 2.75) is 25.8 Å². The normalized spacial score (nSPS) is 13.1. The Hall–Kier alpha value is -1.02. The molecule has 0 bridgehead atoms. The lowest BCUT2D eigenvalue weighted by atomic mass is 10.0. The number of hydrogen-bond acceptors (Lipinski definition) is 2. The van der Waals surface area contributed by atoms with Gasteiger partial charge in [0.2, 0.25) is 0 Å². The fourth-order valence-corrected chi connectivity index (χ4v) is 1.73. The lowest BCUT2D eigenvalue weighted by molar-refractivity contribution is 0.275. The molecule has 0 saturated heterocycles. The van der Waals surface area contributed by atoms with Crippen molar-refractivity contribution in [3.8, 4) is 5.75 Å². The van der Waals surface area contributed by atoms with Gasteiger partial charge in [-0.25, -0.2) is 0 Å². The molecule has 0 spiro atoms. The molecule has 0 aromatic heterocycles. The first kappa shape index (κ1) is 11.1. The highest BCUT2D eigenvalue weighted by Gasteiger charge is 2.15. The van der Waals surface area contributed by atoms with Crippen LogP contribution in [0.15, 0.2) is 24.3 Å². The largest absolute Gasteiger partial charge is 0.508 e. The third kappa shape index (κ3) is 2.48. The van der Waals surface area contributed by atoms with Crippen LogP contribution in [0.3, 0.4) is 0 Å². The van der Waals surface area contributed by atoms with Crippen LogP contribution in [0.25, 0.3) is 0 Å². The summed E-state index contributed by atoms with van der Waals surface area (Å²) in [6.45, 7) is 2.16. The highest BCUT2D eigenvalue weighted by molar-refractivity contribution is 5.34. The molecule has 1 N–H and O–H groups in total. The van der Waals surface area contributed by atoms with Crippen LogP contribution >= 0.6 is 0 Å². The van der Waals surface area contributed by atoms with E-state index in [1.165, 1.54) is 0 Å². The smallest absolute Gasteiger partial charge is 0.120 e. The molecule has 1 aromatic rings. The van der Waals surface area contributed by atoms with Gasteiger partial charge in [0.25, 0.3) is 0 Å². The van der Waals surface area contributed by atoms with Crippen LogP contribution in [0.2, 0.25) is 0 Å². The van der Waals surface area contributed by atoms with Crippen molar-refractivity contribution in [3.63, 3.8) is 0 Å². The minimum atomic E-state index is 0.321. The topological polar surface area (TPSA) is 23.5 Å². The van der Waals surface area contributed by atoms with Crippen molar-refractivity contribution in [1.29, 1.82) is 0 Å². The summed E-state index contributed by atoms with van der Waals surface area (Å²) in [5.74, 6) is 0.402. The standard InChI is InChI=1S/C12H19NO/c1-4-7-11(13(2)3)10-8-5-6-9-12(10)14/h5-6,8-9,11,14H,4,7H2,1-3H3. The molecule has 0 aliphatic carbocycles. The van der Waals surface area contributed by atoms with Gasteiger partial charge < -0.3 is 10.0 Å². The van der Waals surface area contributed by atoms with Gasteiger partial charge in [-0.3, -0.25) is 0 Å². The van der Waals surface area contributed by atoms with E-state index in [2.05, 4.69) is 11.8 Å². The summed E-state index contributed by atoms with van der Waals surface area (Å²) >= 11 is 0. The minimum Gasteiger partial charge on any atom is -0.508 e. The number of benzene rings is 1. The maximum absolute atomic E-state index is 9.73. The van der Waals surface area contributed by atoms with Gasteiger partial charge in [0.15, 0.2) is 0 Å². The van der Waals surface area contributed by atoms with Crippen molar-refractivity contribution < 1.29 is 5.11 Å². The molecule has 2 nitrogen and oxygen atoms in total. The molecule has 0 heterocycles. The van der Waals surface area contributed by atoms with Crippen molar-refractivity contribution in [1.82, 2.24) is 4.90 Å². The molecule has 14 heavy (non-hydrogen) atoms. The van der Waals surface area contributed by atoms with Crippen LogP contribution in [0, 0.1) is 0 Å². The first-order valence-corrected chi connectivity index (χ1v) is 5.11. The van der Waals surface area contributed by atoms with Gasteiger partial charge in [0, 0.05) is 11.6 Å². The van der Waals surface area contributed by atoms with Crippen LogP contribution in [-0.4, -0.2) is 24.1 Å². The predicted octanol–water partition coefficient (Wildman–Crippen LogP) is 2.80. The van der Waals surface area contributed by atoms with Gasteiger partial charge in [0.1, 0.15) is 5.75 Å². The predicted molar refractivity (Wildman–Crippen MR) is 59.4 cm³/mol. The molecule has 0 amide bonds. The second-order valence-electron chi connectivity index (χ2n) is 3.83. The molecular formula is C12H19NO. The summed E-state index contributed by atoms with van der Waals surface area (Å²) in [7, 11) is 4.10. The van der Waals surface area contributed by atoms with E-state index in [-0.39, 0.29) is 0 Å². The summed E-state index contributed by atoms with van der Waals surface area (Å²) in [4.78, 5) is 2.15. The molecule has 1 aromatic carbocycles. The van der Waals surface area contributed by atoms with Gasteiger partial charge >= 0.3 is 0 Å². The summed E-state index contributed by atoms with van der Waals surface area (Å²) in [6.07, 6.45) is 2.20. The first-order chi connectivity index (χ1) is 6.66. The van der Waals surface area contributed by atoms with E-state index < -0.39 is 0 Å². The van der Waals surface area contributed by atoms with Crippen LogP contribution in [-0.2, 0) is 0 Å². The summed E-state index contributed by atoms with van der Waals surface area (Å²) in [5, 5.41) is 9.73. The van der Waals surface area contributed by atoms with E-state index >= 15 is 0 Å². The third-order valence-corrected chi connectivity index (χ3v) is 2.48. The zero-order valence-electron chi connectivity index (χ0n) is 9.20. The number of rotatable bonds is 4. The Balaban J connectivity index is 2.93. The van der Waals surface area contributed by atoms with Crippen LogP contribution in [0.5, 0.6) is 5.75 Å². The highest BCUT2D eigenvalue weighted by Crippen LogP contribution is 2.29. The van der Waals surface area contributed by atoms with Crippen molar-refractivity contribution in [2.24, 2.45) is 0 Å². The van der Waals surface area contributed by atoms with Crippen LogP contribution in [0.4, 0.5) is 0 Å². The van der Waals surface area contributed by atoms with E-state index in [1.807, 2.05) is 32.3 Å². The SMILES string of the molecule is CCCC(c1ccccc1O)N(C)C. The average molecular weight is 193 g/mol. The molecule has 2 heteroatoms. The second-order valence-corrected chi connectivity index (χ2v) is 3.83. The lowest BCUT2D eigenvalue weighted by Crippen LogP contribution is -2.19. The van der Waals surface area contributed by atoms with E-state index in [0.29, 0.717) is 11.8 Å². The Morgan fingerprint density at radius 2 is 1.93 bits per heavy atom. The van der Waals surface area contributed by atoms with Gasteiger partial charge in [-0.15, -0.1) is 0 Å². The maximum atomic E-state index is 9.73. The molecular weight excluding hydrogens is 174 g/mol. The van der Waals surface area contributed by atoms with Crippen molar-refractivity contribution >= 4 is 0 Å². The Morgan fingerprint density at radius 1 is 1.29 bits per heavy atom. The van der Waals surface area contributed by atoms with Gasteiger partial charge in [0.05, 0.1) is 0 Å². The van der Waals surface area contributed by atoms with E-state index in [0.717, 1.165) is 18.4 Å².